The number of hydrogen-bond donors (Lipinski definition) is 1. The number of methoxy groups -OCH3 is 1. The van der Waals surface area contributed by atoms with Gasteiger partial charge in [0.1, 0.15) is 5.75 Å². The van der Waals surface area contributed by atoms with E-state index in [4.69, 9.17) is 4.74 Å². The van der Waals surface area contributed by atoms with Crippen molar-refractivity contribution < 1.29 is 9.84 Å². The van der Waals surface area contributed by atoms with Gasteiger partial charge in [0.2, 0.25) is 0 Å². The maximum atomic E-state index is 10.6. The molecular formula is C18H29NO2. The number of rotatable bonds is 5. The fourth-order valence-corrected chi connectivity index (χ4v) is 3.26. The van der Waals surface area contributed by atoms with Gasteiger partial charge in [-0.25, -0.2) is 0 Å². The molecule has 1 unspecified atom stereocenters. The molecule has 21 heavy (non-hydrogen) atoms. The zero-order valence-corrected chi connectivity index (χ0v) is 13.8. The summed E-state index contributed by atoms with van der Waals surface area (Å²) >= 11 is 0. The average molecular weight is 291 g/mol. The Bertz CT molecular complexity index is 451. The van der Waals surface area contributed by atoms with Crippen molar-refractivity contribution in [1.29, 1.82) is 0 Å². The summed E-state index contributed by atoms with van der Waals surface area (Å²) in [6.45, 7) is 9.55. The number of piperidine rings is 1. The van der Waals surface area contributed by atoms with Crippen molar-refractivity contribution in [3.8, 4) is 5.75 Å². The minimum absolute atomic E-state index is 0.476. The quantitative estimate of drug-likeness (QED) is 0.902. The summed E-state index contributed by atoms with van der Waals surface area (Å²) in [5.41, 5.74) is 2.06. The third kappa shape index (κ3) is 4.21. The summed E-state index contributed by atoms with van der Waals surface area (Å²) in [6, 6.07) is 5.99. The van der Waals surface area contributed by atoms with Gasteiger partial charge in [0.05, 0.1) is 13.2 Å². The monoisotopic (exact) mass is 291 g/mol. The van der Waals surface area contributed by atoms with Gasteiger partial charge in [0, 0.05) is 12.1 Å². The number of aryl methyl sites for hydroxylation is 1. The van der Waals surface area contributed by atoms with Gasteiger partial charge >= 0.3 is 0 Å². The van der Waals surface area contributed by atoms with Crippen LogP contribution in [-0.4, -0.2) is 36.8 Å². The largest absolute Gasteiger partial charge is 0.496 e. The number of β-amino-alcohol motifs (C(OH)–C–C–N with tert-alkyl or cyclic N) is 1. The first-order chi connectivity index (χ1) is 10.0. The van der Waals surface area contributed by atoms with Gasteiger partial charge in [-0.2, -0.15) is 0 Å². The topological polar surface area (TPSA) is 32.7 Å². The van der Waals surface area contributed by atoms with E-state index in [1.165, 1.54) is 12.8 Å². The fourth-order valence-electron chi connectivity index (χ4n) is 3.26. The molecule has 1 heterocycles. The first kappa shape index (κ1) is 16.3. The zero-order valence-electron chi connectivity index (χ0n) is 13.8. The minimum Gasteiger partial charge on any atom is -0.496 e. The van der Waals surface area contributed by atoms with Crippen LogP contribution in [0.5, 0.6) is 5.75 Å². The predicted molar refractivity (Wildman–Crippen MR) is 86.7 cm³/mol. The molecule has 3 nitrogen and oxygen atoms in total. The second-order valence-electron chi connectivity index (χ2n) is 6.64. The maximum absolute atomic E-state index is 10.6. The summed E-state index contributed by atoms with van der Waals surface area (Å²) in [7, 11) is 1.66. The van der Waals surface area contributed by atoms with E-state index in [-0.39, 0.29) is 0 Å². The summed E-state index contributed by atoms with van der Waals surface area (Å²) in [5, 5.41) is 10.6. The van der Waals surface area contributed by atoms with Crippen LogP contribution in [0, 0.1) is 18.8 Å². The average Bonchev–Trinajstić information content (AvgIpc) is 2.47. The van der Waals surface area contributed by atoms with Gasteiger partial charge in [-0.15, -0.1) is 0 Å². The van der Waals surface area contributed by atoms with Crippen LogP contribution in [-0.2, 0) is 0 Å². The van der Waals surface area contributed by atoms with Crippen LogP contribution in [0.2, 0.25) is 0 Å². The van der Waals surface area contributed by atoms with Crippen molar-refractivity contribution >= 4 is 0 Å². The van der Waals surface area contributed by atoms with Crippen LogP contribution < -0.4 is 4.74 Å². The number of benzene rings is 1. The van der Waals surface area contributed by atoms with Crippen LogP contribution in [0.1, 0.15) is 43.9 Å². The molecule has 2 rings (SSSR count). The molecule has 1 fully saturated rings. The highest BCUT2D eigenvalue weighted by atomic mass is 16.5. The van der Waals surface area contributed by atoms with Crippen molar-refractivity contribution in [2.45, 2.75) is 39.7 Å². The first-order valence-corrected chi connectivity index (χ1v) is 8.06. The van der Waals surface area contributed by atoms with E-state index in [0.717, 1.165) is 41.8 Å². The number of aliphatic hydroxyl groups excluding tert-OH is 1. The molecule has 0 aromatic heterocycles. The summed E-state index contributed by atoms with van der Waals surface area (Å²) < 4.78 is 5.38. The van der Waals surface area contributed by atoms with E-state index >= 15 is 0 Å². The highest BCUT2D eigenvalue weighted by Gasteiger charge is 2.24. The molecule has 0 radical (unpaired) electrons. The molecule has 0 saturated carbocycles. The molecule has 1 saturated heterocycles. The van der Waals surface area contributed by atoms with Gasteiger partial charge < -0.3 is 14.7 Å². The van der Waals surface area contributed by atoms with Crippen LogP contribution in [0.15, 0.2) is 18.2 Å². The summed E-state index contributed by atoms with van der Waals surface area (Å²) in [5.74, 6) is 2.39. The number of aliphatic hydroxyl groups is 1. The highest BCUT2D eigenvalue weighted by Crippen LogP contribution is 2.29. The maximum Gasteiger partial charge on any atom is 0.124 e. The fraction of sp³-hybridized carbons (Fsp3) is 0.667. The molecule has 1 aliphatic heterocycles. The van der Waals surface area contributed by atoms with Crippen LogP contribution in [0.3, 0.4) is 0 Å². The molecule has 1 aromatic rings. The SMILES string of the molecule is COc1ccc(C)cc1C(O)CN1CCC(C(C)C)CC1. The molecule has 1 atom stereocenters. The van der Waals surface area contributed by atoms with Gasteiger partial charge in [-0.05, 0) is 56.8 Å². The minimum atomic E-state index is -0.476. The molecule has 1 N–H and O–H groups in total. The second-order valence-corrected chi connectivity index (χ2v) is 6.64. The number of hydrogen-bond acceptors (Lipinski definition) is 3. The van der Waals surface area contributed by atoms with Gasteiger partial charge in [-0.1, -0.05) is 25.5 Å². The molecule has 0 bridgehead atoms. The van der Waals surface area contributed by atoms with Crippen LogP contribution >= 0.6 is 0 Å². The molecule has 0 amide bonds. The van der Waals surface area contributed by atoms with E-state index in [2.05, 4.69) is 18.7 Å². The molecule has 0 spiro atoms. The van der Waals surface area contributed by atoms with Gasteiger partial charge in [0.25, 0.3) is 0 Å². The van der Waals surface area contributed by atoms with Gasteiger partial charge in [-0.3, -0.25) is 0 Å². The Labute approximate surface area is 128 Å². The third-order valence-electron chi connectivity index (χ3n) is 4.75. The normalized spacial score (nSPS) is 19.0. The third-order valence-corrected chi connectivity index (χ3v) is 4.75. The lowest BCUT2D eigenvalue weighted by Gasteiger charge is -2.35. The number of ether oxygens (including phenoxy) is 1. The molecule has 1 aliphatic rings. The molecule has 118 valence electrons. The van der Waals surface area contributed by atoms with Crippen LogP contribution in [0.4, 0.5) is 0 Å². The Hall–Kier alpha value is -1.06. The Morgan fingerprint density at radius 3 is 2.52 bits per heavy atom. The summed E-state index contributed by atoms with van der Waals surface area (Å²) in [6.07, 6.45) is 2.01. The molecule has 1 aromatic carbocycles. The lowest BCUT2D eigenvalue weighted by molar-refractivity contribution is 0.0803. The van der Waals surface area contributed by atoms with E-state index in [1.54, 1.807) is 7.11 Å². The van der Waals surface area contributed by atoms with Crippen molar-refractivity contribution in [1.82, 2.24) is 4.90 Å². The van der Waals surface area contributed by atoms with Crippen molar-refractivity contribution in [3.05, 3.63) is 29.3 Å². The van der Waals surface area contributed by atoms with E-state index in [1.807, 2.05) is 25.1 Å². The van der Waals surface area contributed by atoms with Crippen molar-refractivity contribution in [2.24, 2.45) is 11.8 Å². The van der Waals surface area contributed by atoms with E-state index in [9.17, 15) is 5.11 Å². The molecular weight excluding hydrogens is 262 g/mol. The predicted octanol–water partition coefficient (Wildman–Crippen LogP) is 3.41. The Morgan fingerprint density at radius 2 is 1.95 bits per heavy atom. The van der Waals surface area contributed by atoms with Gasteiger partial charge in [0.15, 0.2) is 0 Å². The van der Waals surface area contributed by atoms with E-state index < -0.39 is 6.10 Å². The summed E-state index contributed by atoms with van der Waals surface area (Å²) in [4.78, 5) is 2.38. The number of nitrogens with zero attached hydrogens (tertiary/aromatic N) is 1. The smallest absolute Gasteiger partial charge is 0.124 e. The highest BCUT2D eigenvalue weighted by molar-refractivity contribution is 5.38. The Morgan fingerprint density at radius 1 is 1.29 bits per heavy atom. The first-order valence-electron chi connectivity index (χ1n) is 8.06. The molecule has 0 aliphatic carbocycles. The molecule has 3 heteroatoms. The van der Waals surface area contributed by atoms with Crippen LogP contribution in [0.25, 0.3) is 0 Å². The lowest BCUT2D eigenvalue weighted by atomic mass is 9.86. The Kier molecular flexibility index (Phi) is 5.65. The zero-order chi connectivity index (χ0) is 15.4. The lowest BCUT2D eigenvalue weighted by Crippen LogP contribution is -2.37. The second kappa shape index (κ2) is 7.28. The van der Waals surface area contributed by atoms with Crippen molar-refractivity contribution in [2.75, 3.05) is 26.7 Å². The van der Waals surface area contributed by atoms with E-state index in [0.29, 0.717) is 6.54 Å². The standard InChI is InChI=1S/C18H29NO2/c1-13(2)15-7-9-19(10-8-15)12-17(20)16-11-14(3)5-6-18(16)21-4/h5-6,11,13,15,17,20H,7-10,12H2,1-4H3. The number of likely N-dealkylation sites (tertiary alicyclic amines) is 1. The Balaban J connectivity index is 1.96. The van der Waals surface area contributed by atoms with Crippen molar-refractivity contribution in [3.63, 3.8) is 0 Å².